The zero-order valence-corrected chi connectivity index (χ0v) is 15.2. The summed E-state index contributed by atoms with van der Waals surface area (Å²) in [5, 5.41) is 0.416. The Kier molecular flexibility index (Phi) is 6.20. The first-order valence-electron chi connectivity index (χ1n) is 7.43. The fourth-order valence-electron chi connectivity index (χ4n) is 2.25. The molecular weight excluding hydrogens is 387 g/mol. The number of hydrogen-bond donors (Lipinski definition) is 2. The van der Waals surface area contributed by atoms with Crippen LogP contribution in [0.3, 0.4) is 0 Å². The molecule has 0 aliphatic heterocycles. The van der Waals surface area contributed by atoms with Crippen molar-refractivity contribution >= 4 is 35.2 Å². The highest BCUT2D eigenvalue weighted by atomic mass is 35.5. The maximum atomic E-state index is 13.5. The van der Waals surface area contributed by atoms with Gasteiger partial charge in [-0.3, -0.25) is 4.79 Å². The maximum absolute atomic E-state index is 13.5. The fraction of sp³-hybridized carbons (Fsp3) is 0.176. The molecule has 2 rings (SSSR count). The molecule has 1 amide bonds. The molecule has 0 atom stereocenters. The van der Waals surface area contributed by atoms with E-state index in [1.165, 1.54) is 6.07 Å². The number of aliphatic imine (C=N–C) groups is 1. The van der Waals surface area contributed by atoms with Gasteiger partial charge in [0.15, 0.2) is 5.96 Å². The number of nitrogens with two attached hydrogens (primary N) is 2. The van der Waals surface area contributed by atoms with E-state index in [0.717, 1.165) is 17.8 Å². The van der Waals surface area contributed by atoms with Gasteiger partial charge >= 0.3 is 6.18 Å². The topological polar surface area (TPSA) is 81.5 Å². The second-order valence-electron chi connectivity index (χ2n) is 5.26. The fourth-order valence-corrected chi connectivity index (χ4v) is 3.58. The molecule has 0 aromatic heterocycles. The Bertz CT molecular complexity index is 865. The smallest absolute Gasteiger partial charge is 0.370 e. The highest BCUT2D eigenvalue weighted by Gasteiger charge is 2.35. The third-order valence-corrected chi connectivity index (χ3v) is 4.66. The average Bonchev–Trinajstić information content (AvgIpc) is 2.52. The highest BCUT2D eigenvalue weighted by Crippen LogP contribution is 2.41. The Morgan fingerprint density at radius 2 is 1.92 bits per heavy atom. The molecule has 26 heavy (non-hydrogen) atoms. The SMILES string of the molecule is CCc1cc(Sc2cccc(Cl)c2)c(C(F)(F)F)cc1C(=O)N=C(N)N. The molecule has 0 aliphatic carbocycles. The lowest BCUT2D eigenvalue weighted by molar-refractivity contribution is -0.139. The predicted octanol–water partition coefficient (Wildman–Crippen LogP) is 4.49. The van der Waals surface area contributed by atoms with Gasteiger partial charge in [-0.1, -0.05) is 36.4 Å². The summed E-state index contributed by atoms with van der Waals surface area (Å²) in [7, 11) is 0. The Morgan fingerprint density at radius 1 is 1.23 bits per heavy atom. The van der Waals surface area contributed by atoms with Crippen molar-refractivity contribution in [2.45, 2.75) is 29.3 Å². The standard InChI is InChI=1S/C17H15ClF3N3OS/c1-2-9-6-14(26-11-5-3-4-10(18)7-11)13(17(19,20)21)8-12(9)15(25)24-16(22)23/h3-8H,2H2,1H3,(H4,22,23,24,25). The lowest BCUT2D eigenvalue weighted by Crippen LogP contribution is -2.24. The van der Waals surface area contributed by atoms with Gasteiger partial charge < -0.3 is 11.5 Å². The summed E-state index contributed by atoms with van der Waals surface area (Å²) in [5.74, 6) is -1.42. The number of halogens is 4. The summed E-state index contributed by atoms with van der Waals surface area (Å²) in [6, 6.07) is 8.63. The van der Waals surface area contributed by atoms with Crippen LogP contribution in [0, 0.1) is 0 Å². The van der Waals surface area contributed by atoms with E-state index in [9.17, 15) is 18.0 Å². The zero-order valence-electron chi connectivity index (χ0n) is 13.6. The van der Waals surface area contributed by atoms with Crippen LogP contribution < -0.4 is 11.5 Å². The Hall–Kier alpha value is -2.19. The van der Waals surface area contributed by atoms with Gasteiger partial charge in [-0.25, -0.2) is 0 Å². The van der Waals surface area contributed by atoms with Crippen LogP contribution in [0.25, 0.3) is 0 Å². The monoisotopic (exact) mass is 401 g/mol. The molecular formula is C17H15ClF3N3OS. The van der Waals surface area contributed by atoms with Crippen molar-refractivity contribution in [2.24, 2.45) is 16.5 Å². The van der Waals surface area contributed by atoms with Crippen LogP contribution in [0.2, 0.25) is 5.02 Å². The van der Waals surface area contributed by atoms with Gasteiger partial charge in [0.05, 0.1) is 5.56 Å². The molecule has 0 saturated heterocycles. The molecule has 0 fully saturated rings. The minimum Gasteiger partial charge on any atom is -0.370 e. The summed E-state index contributed by atoms with van der Waals surface area (Å²) in [5.41, 5.74) is 9.62. The third kappa shape index (κ3) is 4.92. The molecule has 0 aliphatic rings. The second kappa shape index (κ2) is 8.01. The van der Waals surface area contributed by atoms with E-state index in [1.807, 2.05) is 0 Å². The van der Waals surface area contributed by atoms with Crippen LogP contribution in [-0.4, -0.2) is 11.9 Å². The van der Waals surface area contributed by atoms with E-state index in [-0.39, 0.29) is 10.5 Å². The molecule has 0 radical (unpaired) electrons. The van der Waals surface area contributed by atoms with E-state index >= 15 is 0 Å². The van der Waals surface area contributed by atoms with Gasteiger partial charge in [-0.2, -0.15) is 18.2 Å². The number of hydrogen-bond acceptors (Lipinski definition) is 2. The largest absolute Gasteiger partial charge is 0.417 e. The van der Waals surface area contributed by atoms with Crippen LogP contribution in [0.5, 0.6) is 0 Å². The van der Waals surface area contributed by atoms with E-state index in [0.29, 0.717) is 21.9 Å². The first-order valence-corrected chi connectivity index (χ1v) is 8.62. The molecule has 9 heteroatoms. The van der Waals surface area contributed by atoms with Crippen molar-refractivity contribution in [3.05, 3.63) is 58.1 Å². The number of alkyl halides is 3. The normalized spacial score (nSPS) is 11.3. The molecule has 4 N–H and O–H groups in total. The number of nitrogens with zero attached hydrogens (tertiary/aromatic N) is 1. The van der Waals surface area contributed by atoms with Crippen molar-refractivity contribution in [3.8, 4) is 0 Å². The van der Waals surface area contributed by atoms with Crippen LogP contribution in [0.15, 0.2) is 51.2 Å². The van der Waals surface area contributed by atoms with Crippen molar-refractivity contribution < 1.29 is 18.0 Å². The van der Waals surface area contributed by atoms with Gasteiger partial charge in [0, 0.05) is 20.4 Å². The predicted molar refractivity (Wildman–Crippen MR) is 96.5 cm³/mol. The van der Waals surface area contributed by atoms with E-state index < -0.39 is 23.6 Å². The molecule has 0 saturated carbocycles. The Morgan fingerprint density at radius 3 is 2.46 bits per heavy atom. The lowest BCUT2D eigenvalue weighted by atomic mass is 10.0. The molecule has 0 unspecified atom stereocenters. The van der Waals surface area contributed by atoms with Gasteiger partial charge in [0.1, 0.15) is 0 Å². The van der Waals surface area contributed by atoms with Crippen molar-refractivity contribution in [3.63, 3.8) is 0 Å². The van der Waals surface area contributed by atoms with Gasteiger partial charge in [-0.15, -0.1) is 0 Å². The van der Waals surface area contributed by atoms with Crippen LogP contribution in [0.4, 0.5) is 13.2 Å². The summed E-state index contributed by atoms with van der Waals surface area (Å²) in [4.78, 5) is 16.0. The summed E-state index contributed by atoms with van der Waals surface area (Å²) in [6.07, 6.45) is -4.32. The molecule has 0 bridgehead atoms. The minimum atomic E-state index is -4.65. The number of carbonyl (C=O) groups excluding carboxylic acids is 1. The molecule has 0 spiro atoms. The number of benzene rings is 2. The Labute approximate surface area is 157 Å². The van der Waals surface area contributed by atoms with Gasteiger partial charge in [0.2, 0.25) is 0 Å². The minimum absolute atomic E-state index is 0.0298. The molecule has 2 aromatic carbocycles. The van der Waals surface area contributed by atoms with Crippen molar-refractivity contribution in [1.29, 1.82) is 0 Å². The number of rotatable bonds is 4. The first kappa shape index (κ1) is 20.1. The van der Waals surface area contributed by atoms with E-state index in [4.69, 9.17) is 23.1 Å². The first-order chi connectivity index (χ1) is 12.1. The van der Waals surface area contributed by atoms with Gasteiger partial charge in [-0.05, 0) is 42.3 Å². The van der Waals surface area contributed by atoms with Crippen molar-refractivity contribution in [2.75, 3.05) is 0 Å². The Balaban J connectivity index is 2.60. The van der Waals surface area contributed by atoms with E-state index in [2.05, 4.69) is 4.99 Å². The van der Waals surface area contributed by atoms with E-state index in [1.54, 1.807) is 31.2 Å². The van der Waals surface area contributed by atoms with Crippen LogP contribution >= 0.6 is 23.4 Å². The molecule has 0 heterocycles. The maximum Gasteiger partial charge on any atom is 0.417 e. The van der Waals surface area contributed by atoms with Crippen molar-refractivity contribution in [1.82, 2.24) is 0 Å². The number of amides is 1. The molecule has 4 nitrogen and oxygen atoms in total. The summed E-state index contributed by atoms with van der Waals surface area (Å²) < 4.78 is 40.6. The summed E-state index contributed by atoms with van der Waals surface area (Å²) in [6.45, 7) is 1.72. The second-order valence-corrected chi connectivity index (χ2v) is 6.81. The van der Waals surface area contributed by atoms with Crippen LogP contribution in [0.1, 0.15) is 28.4 Å². The highest BCUT2D eigenvalue weighted by molar-refractivity contribution is 7.99. The zero-order chi connectivity index (χ0) is 19.5. The number of aryl methyl sites for hydroxylation is 1. The molecule has 138 valence electrons. The van der Waals surface area contributed by atoms with Gasteiger partial charge in [0.25, 0.3) is 5.91 Å². The quantitative estimate of drug-likeness (QED) is 0.584. The average molecular weight is 402 g/mol. The number of guanidine groups is 1. The van der Waals surface area contributed by atoms with Crippen LogP contribution in [-0.2, 0) is 12.6 Å². The summed E-state index contributed by atoms with van der Waals surface area (Å²) >= 11 is 6.81. The third-order valence-electron chi connectivity index (χ3n) is 3.38. The molecule has 2 aromatic rings. The lowest BCUT2D eigenvalue weighted by Gasteiger charge is -2.16. The number of carbonyl (C=O) groups is 1.